The molecule has 1 amide bonds. The maximum absolute atomic E-state index is 12.3. The number of hydrogen-bond acceptors (Lipinski definition) is 4. The van der Waals surface area contributed by atoms with Crippen LogP contribution in [-0.2, 0) is 9.53 Å². The van der Waals surface area contributed by atoms with Crippen LogP contribution in [-0.4, -0.2) is 49.7 Å². The van der Waals surface area contributed by atoms with E-state index < -0.39 is 0 Å². The highest BCUT2D eigenvalue weighted by atomic mass is 35.5. The van der Waals surface area contributed by atoms with Crippen LogP contribution in [0.1, 0.15) is 12.8 Å². The number of nitrogens with one attached hydrogen (secondary N) is 1. The molecule has 24 heavy (non-hydrogen) atoms. The normalized spacial score (nSPS) is 21.2. The first-order valence-electron chi connectivity index (χ1n) is 7.36. The van der Waals surface area contributed by atoms with Crippen molar-refractivity contribution in [2.45, 2.75) is 25.0 Å². The van der Waals surface area contributed by atoms with Crippen LogP contribution in [0.3, 0.4) is 0 Å². The fraction of sp³-hybridized carbons (Fsp3) is 0.533. The molecule has 3 N–H and O–H groups in total. The lowest BCUT2D eigenvalue weighted by atomic mass is 9.99. The number of piperidine rings is 1. The summed E-state index contributed by atoms with van der Waals surface area (Å²) in [4.78, 5) is 14.3. The summed E-state index contributed by atoms with van der Waals surface area (Å²) in [7, 11) is 1.70. The maximum atomic E-state index is 12.3. The van der Waals surface area contributed by atoms with Crippen molar-refractivity contribution in [1.29, 1.82) is 0 Å². The number of methoxy groups -OCH3 is 1. The van der Waals surface area contributed by atoms with Gasteiger partial charge in [-0.25, -0.2) is 0 Å². The Hall–Kier alpha value is -0.270. The minimum atomic E-state index is -0.167. The fourth-order valence-corrected chi connectivity index (χ4v) is 3.32. The monoisotopic (exact) mass is 415 g/mol. The topological polar surface area (TPSA) is 67.6 Å². The number of carbonyl (C=O) groups excluding carboxylic acids is 1. The molecule has 136 valence electrons. The van der Waals surface area contributed by atoms with Gasteiger partial charge in [0.25, 0.3) is 0 Å². The highest BCUT2D eigenvalue weighted by molar-refractivity contribution is 6.44. The highest BCUT2D eigenvalue weighted by Crippen LogP contribution is 2.32. The average molecular weight is 417 g/mol. The van der Waals surface area contributed by atoms with Crippen molar-refractivity contribution in [3.05, 3.63) is 27.2 Å². The molecule has 0 aliphatic carbocycles. The van der Waals surface area contributed by atoms with Crippen LogP contribution in [0, 0.1) is 0 Å². The first-order chi connectivity index (χ1) is 10.9. The lowest BCUT2D eigenvalue weighted by molar-refractivity contribution is -0.118. The van der Waals surface area contributed by atoms with Crippen LogP contribution in [0.4, 0.5) is 5.69 Å². The van der Waals surface area contributed by atoms with Gasteiger partial charge in [-0.2, -0.15) is 0 Å². The average Bonchev–Trinajstić information content (AvgIpc) is 2.53. The summed E-state index contributed by atoms with van der Waals surface area (Å²) < 4.78 is 5.38. The summed E-state index contributed by atoms with van der Waals surface area (Å²) in [6.07, 6.45) is 1.91. The molecule has 0 aromatic heterocycles. The Balaban J connectivity index is 0.00000288. The smallest absolute Gasteiger partial charge is 0.238 e. The van der Waals surface area contributed by atoms with E-state index in [2.05, 4.69) is 10.2 Å². The molecule has 1 aliphatic rings. The van der Waals surface area contributed by atoms with Gasteiger partial charge in [0.2, 0.25) is 5.91 Å². The zero-order valence-corrected chi connectivity index (χ0v) is 16.3. The number of hydrogen-bond donors (Lipinski definition) is 2. The Morgan fingerprint density at radius 1 is 1.33 bits per heavy atom. The van der Waals surface area contributed by atoms with E-state index in [4.69, 9.17) is 45.3 Å². The number of halogens is 4. The van der Waals surface area contributed by atoms with Crippen LogP contribution in [0.15, 0.2) is 12.1 Å². The minimum Gasteiger partial charge on any atom is -0.381 e. The Morgan fingerprint density at radius 2 is 2.00 bits per heavy atom. The highest BCUT2D eigenvalue weighted by Gasteiger charge is 2.28. The van der Waals surface area contributed by atoms with E-state index in [0.717, 1.165) is 19.4 Å². The van der Waals surface area contributed by atoms with Crippen molar-refractivity contribution in [3.8, 4) is 0 Å². The van der Waals surface area contributed by atoms with Gasteiger partial charge in [-0.3, -0.25) is 9.69 Å². The molecule has 1 heterocycles. The molecule has 1 saturated heterocycles. The van der Waals surface area contributed by atoms with Crippen LogP contribution in [0.2, 0.25) is 15.1 Å². The van der Waals surface area contributed by atoms with Crippen molar-refractivity contribution in [2.24, 2.45) is 5.73 Å². The molecular formula is C15H21Cl4N3O2. The molecule has 9 heteroatoms. The summed E-state index contributed by atoms with van der Waals surface area (Å²) >= 11 is 17.9. The third-order valence-corrected chi connectivity index (χ3v) is 5.06. The molecule has 0 radical (unpaired) electrons. The number of amides is 1. The van der Waals surface area contributed by atoms with E-state index >= 15 is 0 Å². The molecule has 5 nitrogen and oxygen atoms in total. The summed E-state index contributed by atoms with van der Waals surface area (Å²) in [5.41, 5.74) is 6.26. The molecule has 2 unspecified atom stereocenters. The number of ether oxygens (including phenoxy) is 1. The summed E-state index contributed by atoms with van der Waals surface area (Å²) in [6.45, 7) is 1.50. The number of carbonyl (C=O) groups is 1. The maximum Gasteiger partial charge on any atom is 0.238 e. The number of likely N-dealkylation sites (tertiary alicyclic amines) is 1. The number of nitrogens with two attached hydrogens (primary N) is 1. The predicted octanol–water partition coefficient (Wildman–Crippen LogP) is 3.45. The van der Waals surface area contributed by atoms with E-state index in [0.29, 0.717) is 27.3 Å². The van der Waals surface area contributed by atoms with E-state index in [9.17, 15) is 4.79 Å². The van der Waals surface area contributed by atoms with E-state index in [1.54, 1.807) is 13.2 Å². The zero-order chi connectivity index (χ0) is 17.0. The lowest BCUT2D eigenvalue weighted by Gasteiger charge is -2.37. The molecule has 0 bridgehead atoms. The fourth-order valence-electron chi connectivity index (χ4n) is 2.72. The lowest BCUT2D eigenvalue weighted by Crippen LogP contribution is -2.50. The molecule has 1 aromatic carbocycles. The van der Waals surface area contributed by atoms with Crippen molar-refractivity contribution in [2.75, 3.05) is 32.1 Å². The second-order valence-electron chi connectivity index (χ2n) is 5.54. The van der Waals surface area contributed by atoms with Gasteiger partial charge in [-0.05, 0) is 25.0 Å². The number of anilines is 1. The molecule has 1 fully saturated rings. The SMILES string of the molecule is COC1CCN(CC(=O)Nc2cc(Cl)c(Cl)cc2Cl)C(CN)C1.Cl. The van der Waals surface area contributed by atoms with E-state index in [-0.39, 0.29) is 37.0 Å². The second kappa shape index (κ2) is 10.0. The molecule has 2 atom stereocenters. The van der Waals surface area contributed by atoms with Crippen LogP contribution < -0.4 is 11.1 Å². The summed E-state index contributed by atoms with van der Waals surface area (Å²) in [6, 6.07) is 3.18. The van der Waals surface area contributed by atoms with Gasteiger partial charge in [0.15, 0.2) is 0 Å². The van der Waals surface area contributed by atoms with Gasteiger partial charge in [-0.15, -0.1) is 12.4 Å². The van der Waals surface area contributed by atoms with Gasteiger partial charge in [0.1, 0.15) is 0 Å². The Kier molecular flexibility index (Phi) is 9.09. The first-order valence-corrected chi connectivity index (χ1v) is 8.49. The quantitative estimate of drug-likeness (QED) is 0.721. The van der Waals surface area contributed by atoms with Crippen molar-refractivity contribution >= 4 is 58.8 Å². The van der Waals surface area contributed by atoms with Gasteiger partial charge in [0.05, 0.1) is 33.4 Å². The zero-order valence-electron chi connectivity index (χ0n) is 13.2. The Morgan fingerprint density at radius 3 is 2.62 bits per heavy atom. The standard InChI is InChI=1S/C15H20Cl3N3O2.ClH/c1-23-10-2-3-21(9(4-10)7-19)8-15(22)20-14-6-12(17)11(16)5-13(14)18;/h5-6,9-10H,2-4,7-8,19H2,1H3,(H,20,22);1H. The molecule has 0 saturated carbocycles. The first kappa shape index (κ1) is 21.8. The van der Waals surface area contributed by atoms with Gasteiger partial charge < -0.3 is 15.8 Å². The molecular weight excluding hydrogens is 396 g/mol. The van der Waals surface area contributed by atoms with Gasteiger partial charge in [0, 0.05) is 26.2 Å². The van der Waals surface area contributed by atoms with E-state index in [1.807, 2.05) is 0 Å². The van der Waals surface area contributed by atoms with Crippen molar-refractivity contribution in [1.82, 2.24) is 4.90 Å². The van der Waals surface area contributed by atoms with Crippen LogP contribution >= 0.6 is 47.2 Å². The van der Waals surface area contributed by atoms with Gasteiger partial charge in [-0.1, -0.05) is 34.8 Å². The van der Waals surface area contributed by atoms with E-state index in [1.165, 1.54) is 6.07 Å². The van der Waals surface area contributed by atoms with Crippen LogP contribution in [0.25, 0.3) is 0 Å². The number of nitrogens with zero attached hydrogens (tertiary/aromatic N) is 1. The molecule has 1 aromatic rings. The molecule has 0 spiro atoms. The van der Waals surface area contributed by atoms with Crippen LogP contribution in [0.5, 0.6) is 0 Å². The largest absolute Gasteiger partial charge is 0.381 e. The minimum absolute atomic E-state index is 0. The Labute approximate surface area is 163 Å². The van der Waals surface area contributed by atoms with Crippen molar-refractivity contribution < 1.29 is 9.53 Å². The number of rotatable bonds is 5. The third-order valence-electron chi connectivity index (χ3n) is 4.03. The van der Waals surface area contributed by atoms with Gasteiger partial charge >= 0.3 is 0 Å². The third kappa shape index (κ3) is 5.63. The summed E-state index contributed by atoms with van der Waals surface area (Å²) in [5.74, 6) is -0.167. The Bertz CT molecular complexity index is 574. The van der Waals surface area contributed by atoms with Crippen molar-refractivity contribution in [3.63, 3.8) is 0 Å². The predicted molar refractivity (Wildman–Crippen MR) is 102 cm³/mol. The summed E-state index contributed by atoms with van der Waals surface area (Å²) in [5, 5.41) is 3.80. The molecule has 1 aliphatic heterocycles. The number of benzene rings is 1. The second-order valence-corrected chi connectivity index (χ2v) is 6.76. The molecule has 2 rings (SSSR count).